The molecule has 2 heterocycles. The predicted molar refractivity (Wildman–Crippen MR) is 115 cm³/mol. The highest BCUT2D eigenvalue weighted by Gasteiger charge is 2.43. The Balaban J connectivity index is 1.62. The van der Waals surface area contributed by atoms with Crippen molar-refractivity contribution in [1.29, 1.82) is 0 Å². The lowest BCUT2D eigenvalue weighted by molar-refractivity contribution is -0.185. The smallest absolute Gasteiger partial charge is 0.380 e. The summed E-state index contributed by atoms with van der Waals surface area (Å²) in [6, 6.07) is 9.38. The van der Waals surface area contributed by atoms with E-state index in [1.54, 1.807) is 11.9 Å². The van der Waals surface area contributed by atoms with Gasteiger partial charge >= 0.3 is 18.1 Å². The van der Waals surface area contributed by atoms with Gasteiger partial charge in [-0.1, -0.05) is 29.9 Å². The van der Waals surface area contributed by atoms with E-state index in [-0.39, 0.29) is 49.8 Å². The van der Waals surface area contributed by atoms with Crippen LogP contribution >= 0.6 is 0 Å². The molecule has 0 bridgehead atoms. The van der Waals surface area contributed by atoms with Gasteiger partial charge in [-0.05, 0) is 12.1 Å². The summed E-state index contributed by atoms with van der Waals surface area (Å²) in [5.74, 6) is -1.99. The number of nitrogens with zero attached hydrogens (tertiary/aromatic N) is 7. The number of amides is 1. The lowest BCUT2D eigenvalue weighted by atomic mass is 10.3. The lowest BCUT2D eigenvalue weighted by Crippen LogP contribution is -2.52. The van der Waals surface area contributed by atoms with Crippen molar-refractivity contribution < 1.29 is 22.5 Å². The number of amidine groups is 1. The lowest BCUT2D eigenvalue weighted by Gasteiger charge is -2.33. The van der Waals surface area contributed by atoms with Crippen molar-refractivity contribution in [3.63, 3.8) is 0 Å². The molecule has 1 aliphatic heterocycles. The highest BCUT2D eigenvalue weighted by atomic mass is 19.4. The zero-order chi connectivity index (χ0) is 24.2. The van der Waals surface area contributed by atoms with E-state index in [1.807, 2.05) is 30.3 Å². The fourth-order valence-electron chi connectivity index (χ4n) is 2.93. The summed E-state index contributed by atoms with van der Waals surface area (Å²) in [5, 5.41) is 3.71. The Bertz CT molecular complexity index is 1060. The van der Waals surface area contributed by atoms with Crippen LogP contribution in [0.1, 0.15) is 5.82 Å². The fourth-order valence-corrected chi connectivity index (χ4v) is 2.93. The summed E-state index contributed by atoms with van der Waals surface area (Å²) in [4.78, 5) is 27.4. The number of carbonyl (C=O) groups is 1. The van der Waals surface area contributed by atoms with Crippen LogP contribution in [0.3, 0.4) is 0 Å². The number of hydrogen-bond acceptors (Lipinski definition) is 7. The molecule has 3 rings (SSSR count). The number of alkyl halides is 3. The van der Waals surface area contributed by atoms with Gasteiger partial charge in [-0.2, -0.15) is 28.1 Å². The standard InChI is InChI=1S/C19H22F3N9O2/c1-12(29(2)13-6-4-3-5-7-13)25-17(24)26-14(23)15-27-18(33-28-15)31-10-8-30(9-11-31)16(32)19(20,21)22/h3-7H,1,8-11H2,2H3,(H4,23,24,25,26). The molecule has 0 atom stereocenters. The van der Waals surface area contributed by atoms with Gasteiger partial charge < -0.3 is 30.7 Å². The Hall–Kier alpha value is -4.10. The van der Waals surface area contributed by atoms with Crippen molar-refractivity contribution in [1.82, 2.24) is 15.0 Å². The molecular weight excluding hydrogens is 443 g/mol. The van der Waals surface area contributed by atoms with Gasteiger partial charge in [0.2, 0.25) is 11.8 Å². The molecule has 0 radical (unpaired) electrons. The molecule has 1 aromatic heterocycles. The van der Waals surface area contributed by atoms with Crippen LogP contribution in [0, 0.1) is 0 Å². The molecule has 4 N–H and O–H groups in total. The third kappa shape index (κ3) is 5.78. The maximum Gasteiger partial charge on any atom is 0.471 e. The summed E-state index contributed by atoms with van der Waals surface area (Å²) in [6.07, 6.45) is -4.91. The highest BCUT2D eigenvalue weighted by Crippen LogP contribution is 2.21. The summed E-state index contributed by atoms with van der Waals surface area (Å²) >= 11 is 0. The van der Waals surface area contributed by atoms with Gasteiger partial charge in [-0.3, -0.25) is 4.79 Å². The van der Waals surface area contributed by atoms with E-state index in [9.17, 15) is 18.0 Å². The molecule has 0 spiro atoms. The number of halogens is 3. The van der Waals surface area contributed by atoms with Gasteiger partial charge in [-0.25, -0.2) is 0 Å². The highest BCUT2D eigenvalue weighted by molar-refractivity contribution is 6.02. The first kappa shape index (κ1) is 23.6. The molecule has 11 nitrogen and oxygen atoms in total. The van der Waals surface area contributed by atoms with Gasteiger partial charge in [-0.15, -0.1) is 0 Å². The zero-order valence-corrected chi connectivity index (χ0v) is 17.7. The number of anilines is 2. The van der Waals surface area contributed by atoms with Gasteiger partial charge in [0.25, 0.3) is 0 Å². The molecule has 14 heteroatoms. The van der Waals surface area contributed by atoms with Crippen molar-refractivity contribution in [3.05, 3.63) is 48.6 Å². The second kappa shape index (κ2) is 9.58. The largest absolute Gasteiger partial charge is 0.471 e. The van der Waals surface area contributed by atoms with Crippen LogP contribution in [0.5, 0.6) is 0 Å². The molecule has 0 saturated carbocycles. The number of para-hydroxylation sites is 1. The van der Waals surface area contributed by atoms with Crippen molar-refractivity contribution in [2.75, 3.05) is 43.0 Å². The second-order valence-corrected chi connectivity index (χ2v) is 6.96. The number of guanidine groups is 1. The average Bonchev–Trinajstić information content (AvgIpc) is 3.28. The van der Waals surface area contributed by atoms with E-state index in [0.29, 0.717) is 5.82 Å². The number of piperazine rings is 1. The molecule has 1 fully saturated rings. The quantitative estimate of drug-likeness (QED) is 0.490. The maximum atomic E-state index is 12.6. The molecule has 176 valence electrons. The van der Waals surface area contributed by atoms with Gasteiger partial charge in [0.1, 0.15) is 5.82 Å². The fraction of sp³-hybridized carbons (Fsp3) is 0.316. The van der Waals surface area contributed by atoms with Gasteiger partial charge in [0, 0.05) is 38.9 Å². The molecule has 33 heavy (non-hydrogen) atoms. The molecule has 1 aliphatic rings. The number of aliphatic imine (C=N–C) groups is 2. The molecule has 0 unspecified atom stereocenters. The molecule has 1 aromatic carbocycles. The SMILES string of the molecule is C=C(N=C(N)N=C(N)c1noc(N2CCN(C(=O)C(F)(F)F)CC2)n1)N(C)c1ccccc1. The average molecular weight is 465 g/mol. The Morgan fingerprint density at radius 3 is 2.39 bits per heavy atom. The number of nitrogens with two attached hydrogens (primary N) is 2. The number of rotatable bonds is 5. The normalized spacial score (nSPS) is 15.5. The molecular formula is C19H22F3N9O2. The van der Waals surface area contributed by atoms with Crippen LogP contribution in [-0.4, -0.2) is 72.1 Å². The van der Waals surface area contributed by atoms with Crippen LogP contribution < -0.4 is 21.3 Å². The van der Waals surface area contributed by atoms with E-state index in [1.165, 1.54) is 4.90 Å². The topological polar surface area (TPSA) is 142 Å². The Labute approximate surface area is 186 Å². The summed E-state index contributed by atoms with van der Waals surface area (Å²) in [7, 11) is 1.76. The zero-order valence-electron chi connectivity index (χ0n) is 17.7. The van der Waals surface area contributed by atoms with Crippen LogP contribution in [0.15, 0.2) is 57.2 Å². The maximum absolute atomic E-state index is 12.6. The van der Waals surface area contributed by atoms with Crippen molar-refractivity contribution in [2.24, 2.45) is 21.5 Å². The molecule has 1 amide bonds. The van der Waals surface area contributed by atoms with E-state index >= 15 is 0 Å². The minimum Gasteiger partial charge on any atom is -0.380 e. The molecule has 0 aliphatic carbocycles. The first-order chi connectivity index (χ1) is 15.6. The Morgan fingerprint density at radius 1 is 1.15 bits per heavy atom. The predicted octanol–water partition coefficient (Wildman–Crippen LogP) is 0.908. The van der Waals surface area contributed by atoms with E-state index in [4.69, 9.17) is 16.0 Å². The monoisotopic (exact) mass is 465 g/mol. The van der Waals surface area contributed by atoms with Crippen LogP contribution in [0.25, 0.3) is 0 Å². The Morgan fingerprint density at radius 2 is 1.79 bits per heavy atom. The van der Waals surface area contributed by atoms with E-state index < -0.39 is 12.1 Å². The van der Waals surface area contributed by atoms with Crippen LogP contribution in [-0.2, 0) is 4.79 Å². The summed E-state index contributed by atoms with van der Waals surface area (Å²) in [6.45, 7) is 3.72. The minimum atomic E-state index is -4.91. The second-order valence-electron chi connectivity index (χ2n) is 6.96. The first-order valence-electron chi connectivity index (χ1n) is 9.67. The van der Waals surface area contributed by atoms with Crippen LogP contribution in [0.4, 0.5) is 24.9 Å². The summed E-state index contributed by atoms with van der Waals surface area (Å²) < 4.78 is 42.8. The summed E-state index contributed by atoms with van der Waals surface area (Å²) in [5.41, 5.74) is 12.5. The third-order valence-electron chi connectivity index (χ3n) is 4.73. The number of carbonyl (C=O) groups excluding carboxylic acids is 1. The number of aromatic nitrogens is 2. The van der Waals surface area contributed by atoms with Crippen LogP contribution in [0.2, 0.25) is 0 Å². The first-order valence-corrected chi connectivity index (χ1v) is 9.67. The van der Waals surface area contributed by atoms with Gasteiger partial charge in [0.05, 0.1) is 0 Å². The van der Waals surface area contributed by atoms with Crippen molar-refractivity contribution in [2.45, 2.75) is 6.18 Å². The number of benzene rings is 1. The minimum absolute atomic E-state index is 0.0333. The van der Waals surface area contributed by atoms with Gasteiger partial charge in [0.15, 0.2) is 5.84 Å². The molecule has 2 aromatic rings. The molecule has 1 saturated heterocycles. The van der Waals surface area contributed by atoms with Crippen molar-refractivity contribution >= 4 is 29.4 Å². The van der Waals surface area contributed by atoms with Crippen molar-refractivity contribution in [3.8, 4) is 0 Å². The Kier molecular flexibility index (Phi) is 6.84. The number of hydrogen-bond donors (Lipinski definition) is 2. The third-order valence-corrected chi connectivity index (χ3v) is 4.73. The van der Waals surface area contributed by atoms with E-state index in [2.05, 4.69) is 26.7 Å². The van der Waals surface area contributed by atoms with E-state index in [0.717, 1.165) is 10.6 Å².